The molecule has 1 radical (unpaired) electrons. The average Bonchev–Trinajstić information content (AvgIpc) is 2.32. The van der Waals surface area contributed by atoms with Crippen molar-refractivity contribution in [3.63, 3.8) is 0 Å². The monoisotopic (exact) mass is 202 g/mol. The molecule has 1 atom stereocenters. The zero-order valence-corrected chi connectivity index (χ0v) is 9.36. The van der Waals surface area contributed by atoms with Gasteiger partial charge in [-0.2, -0.15) is 0 Å². The summed E-state index contributed by atoms with van der Waals surface area (Å²) >= 11 is 0. The van der Waals surface area contributed by atoms with Gasteiger partial charge in [0, 0.05) is 13.1 Å². The van der Waals surface area contributed by atoms with Gasteiger partial charge in [0.2, 0.25) is 0 Å². The molecule has 1 aromatic rings. The molecule has 0 spiro atoms. The Morgan fingerprint density at radius 3 is 2.80 bits per heavy atom. The molecule has 1 aromatic carbocycles. The van der Waals surface area contributed by atoms with Crippen LogP contribution in [0.2, 0.25) is 0 Å². The summed E-state index contributed by atoms with van der Waals surface area (Å²) in [6.07, 6.45) is 6.63. The first-order chi connectivity index (χ1) is 7.45. The van der Waals surface area contributed by atoms with Crippen LogP contribution < -0.4 is 5.32 Å². The fourth-order valence-corrected chi connectivity index (χ4v) is 2.33. The molecule has 1 heteroatoms. The molecule has 1 aliphatic heterocycles. The second kappa shape index (κ2) is 5.92. The third-order valence-electron chi connectivity index (χ3n) is 3.24. The van der Waals surface area contributed by atoms with Crippen molar-refractivity contribution in [2.75, 3.05) is 13.1 Å². The second-order valence-electron chi connectivity index (χ2n) is 4.52. The summed E-state index contributed by atoms with van der Waals surface area (Å²) in [7, 11) is 0. The Hall–Kier alpha value is -0.820. The molecule has 2 rings (SSSR count). The van der Waals surface area contributed by atoms with E-state index in [2.05, 4.69) is 35.6 Å². The van der Waals surface area contributed by atoms with Crippen molar-refractivity contribution in [1.29, 1.82) is 0 Å². The van der Waals surface area contributed by atoms with Gasteiger partial charge in [-0.3, -0.25) is 0 Å². The molecule has 1 heterocycles. The van der Waals surface area contributed by atoms with Gasteiger partial charge in [-0.15, -0.1) is 0 Å². The van der Waals surface area contributed by atoms with Crippen LogP contribution in [0.5, 0.6) is 0 Å². The van der Waals surface area contributed by atoms with Crippen LogP contribution in [0.25, 0.3) is 0 Å². The van der Waals surface area contributed by atoms with Crippen molar-refractivity contribution in [3.05, 3.63) is 35.9 Å². The van der Waals surface area contributed by atoms with Crippen LogP contribution in [0.1, 0.15) is 31.2 Å². The minimum Gasteiger partial charge on any atom is -0.242 e. The first kappa shape index (κ1) is 10.7. The number of benzene rings is 1. The molecule has 0 bridgehead atoms. The van der Waals surface area contributed by atoms with Gasteiger partial charge in [-0.25, -0.2) is 5.32 Å². The third-order valence-corrected chi connectivity index (χ3v) is 3.24. The highest BCUT2D eigenvalue weighted by Gasteiger charge is 2.12. The lowest BCUT2D eigenvalue weighted by atomic mass is 9.93. The Kier molecular flexibility index (Phi) is 4.22. The summed E-state index contributed by atoms with van der Waals surface area (Å²) < 4.78 is 0. The highest BCUT2D eigenvalue weighted by atomic mass is 14.9. The first-order valence-corrected chi connectivity index (χ1v) is 6.12. The van der Waals surface area contributed by atoms with Gasteiger partial charge in [0.05, 0.1) is 0 Å². The minimum absolute atomic E-state index is 0.877. The molecule has 1 unspecified atom stereocenters. The van der Waals surface area contributed by atoms with E-state index in [1.54, 1.807) is 0 Å². The Balaban J connectivity index is 1.66. The predicted octanol–water partition coefficient (Wildman–Crippen LogP) is 3.02. The van der Waals surface area contributed by atoms with Crippen molar-refractivity contribution < 1.29 is 0 Å². The van der Waals surface area contributed by atoms with Gasteiger partial charge in [0.15, 0.2) is 0 Å². The van der Waals surface area contributed by atoms with Crippen molar-refractivity contribution in [1.82, 2.24) is 5.32 Å². The maximum Gasteiger partial charge on any atom is 0.0161 e. The molecular formula is C14H20N. The Bertz CT molecular complexity index is 262. The van der Waals surface area contributed by atoms with E-state index < -0.39 is 0 Å². The van der Waals surface area contributed by atoms with E-state index in [4.69, 9.17) is 0 Å². The number of nitrogens with zero attached hydrogens (tertiary/aromatic N) is 1. The van der Waals surface area contributed by atoms with Gasteiger partial charge in [-0.05, 0) is 43.6 Å². The molecule has 0 saturated carbocycles. The molecule has 1 nitrogen and oxygen atoms in total. The number of hydrogen-bond acceptors (Lipinski definition) is 0. The van der Waals surface area contributed by atoms with Crippen molar-refractivity contribution in [3.8, 4) is 0 Å². The highest BCUT2D eigenvalue weighted by Crippen LogP contribution is 2.18. The van der Waals surface area contributed by atoms with E-state index in [-0.39, 0.29) is 0 Å². The zero-order chi connectivity index (χ0) is 10.3. The van der Waals surface area contributed by atoms with Crippen molar-refractivity contribution >= 4 is 0 Å². The molecule has 1 saturated heterocycles. The number of aryl methyl sites for hydroxylation is 1. The van der Waals surface area contributed by atoms with E-state index in [9.17, 15) is 0 Å². The topological polar surface area (TPSA) is 14.1 Å². The van der Waals surface area contributed by atoms with Gasteiger partial charge < -0.3 is 0 Å². The summed E-state index contributed by atoms with van der Waals surface area (Å²) in [5.41, 5.74) is 1.48. The fraction of sp³-hybridized carbons (Fsp3) is 0.571. The van der Waals surface area contributed by atoms with E-state index >= 15 is 0 Å². The molecule has 0 N–H and O–H groups in total. The largest absolute Gasteiger partial charge is 0.242 e. The molecule has 0 amide bonds. The van der Waals surface area contributed by atoms with Crippen LogP contribution >= 0.6 is 0 Å². The van der Waals surface area contributed by atoms with Gasteiger partial charge in [0.1, 0.15) is 0 Å². The summed E-state index contributed by atoms with van der Waals surface area (Å²) in [6, 6.07) is 10.8. The smallest absolute Gasteiger partial charge is 0.0161 e. The molecule has 81 valence electrons. The summed E-state index contributed by atoms with van der Waals surface area (Å²) in [4.78, 5) is 0. The van der Waals surface area contributed by atoms with Gasteiger partial charge in [-0.1, -0.05) is 30.3 Å². The SMILES string of the molecule is c1ccc(CCCC2CCC[N]C2)cc1. The number of rotatable bonds is 4. The maximum atomic E-state index is 4.48. The second-order valence-corrected chi connectivity index (χ2v) is 4.52. The lowest BCUT2D eigenvalue weighted by molar-refractivity contribution is 0.346. The lowest BCUT2D eigenvalue weighted by Crippen LogP contribution is -2.24. The van der Waals surface area contributed by atoms with E-state index in [0.717, 1.165) is 19.0 Å². The molecule has 15 heavy (non-hydrogen) atoms. The van der Waals surface area contributed by atoms with E-state index in [1.807, 2.05) is 0 Å². The summed E-state index contributed by atoms with van der Waals surface area (Å²) in [5, 5.41) is 4.48. The molecule has 1 fully saturated rings. The average molecular weight is 202 g/mol. The van der Waals surface area contributed by atoms with Crippen molar-refractivity contribution in [2.45, 2.75) is 32.1 Å². The van der Waals surface area contributed by atoms with Gasteiger partial charge in [0.25, 0.3) is 0 Å². The van der Waals surface area contributed by atoms with Crippen LogP contribution in [-0.4, -0.2) is 13.1 Å². The first-order valence-electron chi connectivity index (χ1n) is 6.12. The summed E-state index contributed by atoms with van der Waals surface area (Å²) in [5.74, 6) is 0.877. The Morgan fingerprint density at radius 1 is 1.20 bits per heavy atom. The normalized spacial score (nSPS) is 21.5. The summed E-state index contributed by atoms with van der Waals surface area (Å²) in [6.45, 7) is 2.23. The minimum atomic E-state index is 0.877. The molecule has 0 aromatic heterocycles. The number of piperidine rings is 1. The zero-order valence-electron chi connectivity index (χ0n) is 9.36. The van der Waals surface area contributed by atoms with E-state index in [0.29, 0.717) is 0 Å². The Labute approximate surface area is 92.9 Å². The lowest BCUT2D eigenvalue weighted by Gasteiger charge is -2.21. The molecule has 1 aliphatic rings. The molecular weight excluding hydrogens is 182 g/mol. The van der Waals surface area contributed by atoms with Crippen molar-refractivity contribution in [2.24, 2.45) is 5.92 Å². The third kappa shape index (κ3) is 3.67. The Morgan fingerprint density at radius 2 is 2.07 bits per heavy atom. The van der Waals surface area contributed by atoms with Crippen LogP contribution in [0.4, 0.5) is 0 Å². The standard InChI is InChI=1S/C14H20N/c1-2-6-13(7-3-1)8-4-9-14-10-5-11-15-12-14/h1-3,6-7,14H,4-5,8-12H2. The van der Waals surface area contributed by atoms with Crippen LogP contribution in [0.15, 0.2) is 30.3 Å². The quantitative estimate of drug-likeness (QED) is 0.712. The van der Waals surface area contributed by atoms with Gasteiger partial charge >= 0.3 is 0 Å². The van der Waals surface area contributed by atoms with E-state index in [1.165, 1.54) is 37.7 Å². The van der Waals surface area contributed by atoms with Crippen LogP contribution in [-0.2, 0) is 6.42 Å². The number of hydrogen-bond donors (Lipinski definition) is 0. The van der Waals surface area contributed by atoms with Crippen LogP contribution in [0, 0.1) is 5.92 Å². The fourth-order valence-electron chi connectivity index (χ4n) is 2.33. The molecule has 0 aliphatic carbocycles. The predicted molar refractivity (Wildman–Crippen MR) is 64.0 cm³/mol. The highest BCUT2D eigenvalue weighted by molar-refractivity contribution is 5.14. The maximum absolute atomic E-state index is 4.48. The van der Waals surface area contributed by atoms with Crippen LogP contribution in [0.3, 0.4) is 0 Å².